The number of esters is 1. The molecular weight excluding hydrogens is 444 g/mol. The van der Waals surface area contributed by atoms with Gasteiger partial charge >= 0.3 is 5.97 Å². The number of ether oxygens (including phenoxy) is 1. The smallest absolute Gasteiger partial charge is 0.338 e. The number of carbonyl (C=O) groups is 3. The van der Waals surface area contributed by atoms with Gasteiger partial charge in [-0.1, -0.05) is 35.0 Å². The monoisotopic (exact) mass is 464 g/mol. The number of fused-ring (bicyclic) bond motifs is 8. The number of anilines is 1. The maximum atomic E-state index is 13.5. The van der Waals surface area contributed by atoms with Crippen molar-refractivity contribution in [3.05, 3.63) is 64.7 Å². The van der Waals surface area contributed by atoms with Crippen molar-refractivity contribution in [2.45, 2.75) is 19.4 Å². The fourth-order valence-corrected chi connectivity index (χ4v) is 6.47. The molecule has 2 aromatic rings. The van der Waals surface area contributed by atoms with Crippen LogP contribution in [0.1, 0.15) is 29.3 Å². The molecular formula is C25H21ClN2O5. The van der Waals surface area contributed by atoms with Gasteiger partial charge in [0, 0.05) is 22.4 Å². The van der Waals surface area contributed by atoms with Gasteiger partial charge < -0.3 is 9.57 Å². The molecule has 8 heteroatoms. The summed E-state index contributed by atoms with van der Waals surface area (Å²) in [5.74, 6) is -1.78. The number of amides is 2. The van der Waals surface area contributed by atoms with E-state index in [0.29, 0.717) is 16.3 Å². The molecule has 4 aliphatic rings. The summed E-state index contributed by atoms with van der Waals surface area (Å²) in [5.41, 5.74) is 2.44. The fourth-order valence-electron chi connectivity index (χ4n) is 6.23. The Bertz CT molecular complexity index is 1210. The van der Waals surface area contributed by atoms with E-state index in [9.17, 15) is 14.4 Å². The SMILES string of the molecule is CCOC(=O)c1ccc(N2C(=O)[C@@H]3[C@H]4C[C@@H]([C@@H]5ON=C(c6ccccc6Cl)[C@@H]45)[C@H]3C2=O)cc1. The summed E-state index contributed by atoms with van der Waals surface area (Å²) in [4.78, 5) is 46.0. The van der Waals surface area contributed by atoms with Crippen molar-refractivity contribution in [1.29, 1.82) is 0 Å². The second kappa shape index (κ2) is 7.42. The number of imide groups is 1. The van der Waals surface area contributed by atoms with E-state index < -0.39 is 17.8 Å². The lowest BCUT2D eigenvalue weighted by Crippen LogP contribution is -2.41. The third kappa shape index (κ3) is 2.81. The van der Waals surface area contributed by atoms with Crippen molar-refractivity contribution < 1.29 is 24.0 Å². The first-order valence-electron chi connectivity index (χ1n) is 11.1. The van der Waals surface area contributed by atoms with Gasteiger partial charge in [-0.2, -0.15) is 0 Å². The number of carbonyl (C=O) groups excluding carboxylic acids is 3. The first-order valence-corrected chi connectivity index (χ1v) is 11.5. The summed E-state index contributed by atoms with van der Waals surface area (Å²) in [5, 5.41) is 4.93. The zero-order valence-electron chi connectivity index (χ0n) is 17.8. The molecule has 2 aromatic carbocycles. The summed E-state index contributed by atoms with van der Waals surface area (Å²) >= 11 is 6.42. The first-order chi connectivity index (χ1) is 16.0. The first kappa shape index (κ1) is 20.4. The second-order valence-corrected chi connectivity index (χ2v) is 9.35. The number of rotatable bonds is 4. The maximum Gasteiger partial charge on any atom is 0.338 e. The van der Waals surface area contributed by atoms with Gasteiger partial charge in [-0.05, 0) is 49.6 Å². The third-order valence-corrected chi connectivity index (χ3v) is 7.81. The molecule has 2 aliphatic carbocycles. The minimum Gasteiger partial charge on any atom is -0.462 e. The summed E-state index contributed by atoms with van der Waals surface area (Å²) in [6.45, 7) is 2.02. The van der Waals surface area contributed by atoms with Crippen LogP contribution in [0.25, 0.3) is 0 Å². The highest BCUT2D eigenvalue weighted by Gasteiger charge is 2.70. The number of nitrogens with zero attached hydrogens (tertiary/aromatic N) is 2. The van der Waals surface area contributed by atoms with Crippen molar-refractivity contribution in [3.63, 3.8) is 0 Å². The second-order valence-electron chi connectivity index (χ2n) is 8.95. The van der Waals surface area contributed by atoms with Crippen molar-refractivity contribution >= 4 is 40.8 Å². The van der Waals surface area contributed by atoms with Crippen LogP contribution < -0.4 is 4.90 Å². The Balaban J connectivity index is 1.29. The molecule has 1 saturated heterocycles. The largest absolute Gasteiger partial charge is 0.462 e. The summed E-state index contributed by atoms with van der Waals surface area (Å²) in [6, 6.07) is 13.9. The molecule has 3 fully saturated rings. The van der Waals surface area contributed by atoms with Crippen molar-refractivity contribution in [1.82, 2.24) is 0 Å². The molecule has 0 radical (unpaired) electrons. The van der Waals surface area contributed by atoms with Gasteiger partial charge in [0.2, 0.25) is 11.8 Å². The van der Waals surface area contributed by atoms with Crippen LogP contribution in [0.15, 0.2) is 53.7 Å². The predicted octanol–water partition coefficient (Wildman–Crippen LogP) is 3.69. The molecule has 2 amide bonds. The van der Waals surface area contributed by atoms with E-state index in [1.807, 2.05) is 24.3 Å². The van der Waals surface area contributed by atoms with Crippen molar-refractivity contribution in [3.8, 4) is 0 Å². The molecule has 2 bridgehead atoms. The van der Waals surface area contributed by atoms with Crippen LogP contribution in [0.2, 0.25) is 5.02 Å². The van der Waals surface area contributed by atoms with Crippen LogP contribution in [0.3, 0.4) is 0 Å². The summed E-state index contributed by atoms with van der Waals surface area (Å²) < 4.78 is 5.01. The van der Waals surface area contributed by atoms with E-state index in [0.717, 1.165) is 17.7 Å². The molecule has 0 unspecified atom stereocenters. The van der Waals surface area contributed by atoms with Crippen molar-refractivity contribution in [2.75, 3.05) is 11.5 Å². The lowest BCUT2D eigenvalue weighted by Gasteiger charge is -2.30. The van der Waals surface area contributed by atoms with E-state index in [4.69, 9.17) is 21.2 Å². The Morgan fingerprint density at radius 2 is 1.76 bits per heavy atom. The van der Waals surface area contributed by atoms with Crippen LogP contribution in [0.4, 0.5) is 5.69 Å². The van der Waals surface area contributed by atoms with Crippen LogP contribution in [0.5, 0.6) is 0 Å². The zero-order chi connectivity index (χ0) is 22.9. The molecule has 168 valence electrons. The van der Waals surface area contributed by atoms with Gasteiger partial charge in [-0.3, -0.25) is 14.5 Å². The van der Waals surface area contributed by atoms with Crippen LogP contribution in [-0.4, -0.2) is 36.2 Å². The topological polar surface area (TPSA) is 85.3 Å². The van der Waals surface area contributed by atoms with Gasteiger partial charge in [0.1, 0.15) is 6.10 Å². The van der Waals surface area contributed by atoms with E-state index in [1.54, 1.807) is 31.2 Å². The highest BCUT2D eigenvalue weighted by molar-refractivity contribution is 6.34. The van der Waals surface area contributed by atoms with Gasteiger partial charge in [-0.25, -0.2) is 4.79 Å². The number of hydrogen-bond acceptors (Lipinski definition) is 6. The Morgan fingerprint density at radius 3 is 2.45 bits per heavy atom. The highest BCUT2D eigenvalue weighted by Crippen LogP contribution is 2.62. The van der Waals surface area contributed by atoms with Crippen LogP contribution >= 0.6 is 11.6 Å². The molecule has 0 spiro atoms. The maximum absolute atomic E-state index is 13.5. The number of benzene rings is 2. The van der Waals surface area contributed by atoms with Gasteiger partial charge in [0.05, 0.1) is 35.4 Å². The lowest BCUT2D eigenvalue weighted by atomic mass is 9.71. The van der Waals surface area contributed by atoms with Crippen LogP contribution in [0, 0.1) is 29.6 Å². The van der Waals surface area contributed by atoms with Gasteiger partial charge in [-0.15, -0.1) is 0 Å². The molecule has 6 atom stereocenters. The molecule has 6 rings (SSSR count). The normalized spacial score (nSPS) is 31.3. The Hall–Kier alpha value is -3.19. The standard InChI is InChI=1S/C25H21ClN2O5/c1-2-32-25(31)12-7-9-13(10-8-12)28-23(29)18-15-11-16(19(18)24(28)30)22-20(15)21(27-33-22)14-5-3-4-6-17(14)26/h3-10,15-16,18-20,22H,2,11H2,1H3/t15-,16-,18-,19-,20-,22+/m1/s1. The minimum atomic E-state index is -0.436. The minimum absolute atomic E-state index is 0.0252. The van der Waals surface area contributed by atoms with E-state index in [2.05, 4.69) is 5.16 Å². The molecule has 0 N–H and O–H groups in total. The summed E-state index contributed by atoms with van der Waals surface area (Å²) in [7, 11) is 0. The predicted molar refractivity (Wildman–Crippen MR) is 120 cm³/mol. The number of halogens is 1. The molecule has 2 saturated carbocycles. The molecule has 2 aliphatic heterocycles. The average molecular weight is 465 g/mol. The van der Waals surface area contributed by atoms with Crippen molar-refractivity contribution in [2.24, 2.45) is 34.7 Å². The Kier molecular flexibility index (Phi) is 4.59. The quantitative estimate of drug-likeness (QED) is 0.509. The van der Waals surface area contributed by atoms with Gasteiger partial charge in [0.25, 0.3) is 0 Å². The van der Waals surface area contributed by atoms with E-state index in [1.165, 1.54) is 4.90 Å². The molecule has 0 aromatic heterocycles. The third-order valence-electron chi connectivity index (χ3n) is 7.48. The fraction of sp³-hybridized carbons (Fsp3) is 0.360. The zero-order valence-corrected chi connectivity index (χ0v) is 18.6. The highest BCUT2D eigenvalue weighted by atomic mass is 35.5. The molecule has 2 heterocycles. The average Bonchev–Trinajstić information content (AvgIpc) is 3.55. The number of oxime groups is 1. The van der Waals surface area contributed by atoms with E-state index in [-0.39, 0.29) is 42.3 Å². The molecule has 33 heavy (non-hydrogen) atoms. The number of hydrogen-bond donors (Lipinski definition) is 0. The van der Waals surface area contributed by atoms with Crippen LogP contribution in [-0.2, 0) is 19.2 Å². The van der Waals surface area contributed by atoms with Gasteiger partial charge in [0.15, 0.2) is 0 Å². The van der Waals surface area contributed by atoms with E-state index >= 15 is 0 Å². The Morgan fingerprint density at radius 1 is 1.06 bits per heavy atom. The Labute approximate surface area is 195 Å². The lowest BCUT2D eigenvalue weighted by molar-refractivity contribution is -0.125. The summed E-state index contributed by atoms with van der Waals surface area (Å²) in [6.07, 6.45) is 0.548. The molecule has 7 nitrogen and oxygen atoms in total.